The second kappa shape index (κ2) is 4.89. The molecular weight excluding hydrogens is 96.1 g/mol. The summed E-state index contributed by atoms with van der Waals surface area (Å²) in [5.74, 6) is -3.32. The maximum atomic E-state index is 7.66. The van der Waals surface area contributed by atoms with Gasteiger partial charge in [-0.15, -0.1) is 0 Å². The average Bonchev–Trinajstić information content (AvgIpc) is 2.22. The van der Waals surface area contributed by atoms with E-state index in [4.69, 9.17) is 15.1 Å². The van der Waals surface area contributed by atoms with Gasteiger partial charge in [-0.25, -0.2) is 0 Å². The zero-order chi connectivity index (χ0) is 15.9. The zero-order valence-corrected chi connectivity index (χ0v) is 4.71. The third kappa shape index (κ3) is 5.74. The third-order valence-electron chi connectivity index (χ3n) is 0.453. The van der Waals surface area contributed by atoms with Gasteiger partial charge < -0.3 is 0 Å². The lowest BCUT2D eigenvalue weighted by atomic mass is 10.2. The van der Waals surface area contributed by atoms with Crippen LogP contribution in [0.1, 0.15) is 48.5 Å². The number of hydrogen-bond acceptors (Lipinski definition) is 0. The molecule has 0 saturated carbocycles. The Bertz CT molecular complexity index is 344. The van der Waals surface area contributed by atoms with Crippen molar-refractivity contribution in [3.63, 3.8) is 0 Å². The van der Waals surface area contributed by atoms with Crippen LogP contribution < -0.4 is 0 Å². The molecule has 0 amide bonds. The van der Waals surface area contributed by atoms with E-state index in [1.807, 2.05) is 0 Å². The van der Waals surface area contributed by atoms with Gasteiger partial charge in [-0.2, -0.15) is 0 Å². The summed E-state index contributed by atoms with van der Waals surface area (Å²) in [6, 6.07) is -2.42. The SMILES string of the molecule is [3H]C(=C([3H])C([3H])(C([3H])([3H])[3H])C([3H])([3H])[3H])C([3H])([3H])CC. The van der Waals surface area contributed by atoms with Gasteiger partial charge in [-0.1, -0.05) is 39.2 Å². The minimum absolute atomic E-state index is 0.230. The molecule has 0 heteroatoms. The lowest BCUT2D eigenvalue weighted by molar-refractivity contribution is 0.819. The van der Waals surface area contributed by atoms with E-state index in [1.165, 1.54) is 6.92 Å². The lowest BCUT2D eigenvalue weighted by Crippen LogP contribution is -1.75. The first kappa shape index (κ1) is 1.12. The van der Waals surface area contributed by atoms with Gasteiger partial charge in [0.2, 0.25) is 0 Å². The summed E-state index contributed by atoms with van der Waals surface area (Å²) >= 11 is 0. The highest BCUT2D eigenvalue weighted by Gasteiger charge is 1.80. The van der Waals surface area contributed by atoms with Crippen molar-refractivity contribution in [1.29, 1.82) is 0 Å². The molecule has 0 nitrogen and oxygen atoms in total. The molecule has 0 bridgehead atoms. The molecule has 0 unspecified atom stereocenters. The van der Waals surface area contributed by atoms with Crippen LogP contribution in [0.5, 0.6) is 0 Å². The first-order chi connectivity index (χ1) is 8.13. The van der Waals surface area contributed by atoms with Gasteiger partial charge in [-0.3, -0.25) is 0 Å². The van der Waals surface area contributed by atoms with Crippen molar-refractivity contribution in [1.82, 2.24) is 0 Å². The van der Waals surface area contributed by atoms with Gasteiger partial charge in [0.1, 0.15) is 0 Å². The highest BCUT2D eigenvalue weighted by Crippen LogP contribution is 1.96. The van der Waals surface area contributed by atoms with Crippen LogP contribution in [0, 0.1) is 5.89 Å². The van der Waals surface area contributed by atoms with E-state index in [0.717, 1.165) is 0 Å². The predicted octanol–water partition coefficient (Wildman–Crippen LogP) is 3.00. The van der Waals surface area contributed by atoms with Gasteiger partial charge >= 0.3 is 0 Å². The van der Waals surface area contributed by atoms with E-state index in [2.05, 4.69) is 0 Å². The molecule has 0 heterocycles. The van der Waals surface area contributed by atoms with Crippen molar-refractivity contribution in [3.8, 4) is 0 Å². The van der Waals surface area contributed by atoms with E-state index in [1.54, 1.807) is 0 Å². The van der Waals surface area contributed by atoms with Crippen molar-refractivity contribution in [2.45, 2.75) is 33.4 Å². The molecule has 0 atom stereocenters. The molecule has 0 fully saturated rings. The minimum atomic E-state index is -3.37. The molecule has 0 rings (SSSR count). The Labute approximate surface area is 68.1 Å². The van der Waals surface area contributed by atoms with Crippen molar-refractivity contribution in [3.05, 3.63) is 12.1 Å². The summed E-state index contributed by atoms with van der Waals surface area (Å²) in [5.41, 5.74) is 0. The van der Waals surface area contributed by atoms with Crippen LogP contribution in [0.2, 0.25) is 0 Å². The lowest BCUT2D eigenvalue weighted by Gasteiger charge is -1.90. The molecule has 0 N–H and O–H groups in total. The Morgan fingerprint density at radius 2 is 2.75 bits per heavy atom. The molecule has 0 aromatic heterocycles. The second-order valence-corrected chi connectivity index (χ2v) is 1.16. The van der Waals surface area contributed by atoms with Crippen LogP contribution in [0.25, 0.3) is 0 Å². The summed E-state index contributed by atoms with van der Waals surface area (Å²) in [4.78, 5) is 0. The van der Waals surface area contributed by atoms with Crippen molar-refractivity contribution < 1.29 is 15.1 Å². The molecule has 0 aromatic rings. The second-order valence-electron chi connectivity index (χ2n) is 1.16. The van der Waals surface area contributed by atoms with Crippen LogP contribution in [0.4, 0.5) is 0 Å². The molecule has 0 radical (unpaired) electrons. The first-order valence-corrected chi connectivity index (χ1v) is 2.31. The molecule has 8 heavy (non-hydrogen) atoms. The highest BCUT2D eigenvalue weighted by molar-refractivity contribution is 4.83. The van der Waals surface area contributed by atoms with Gasteiger partial charge in [0, 0.05) is 12.3 Å². The van der Waals surface area contributed by atoms with Crippen molar-refractivity contribution in [2.75, 3.05) is 0 Å². The third-order valence-corrected chi connectivity index (χ3v) is 0.453. The summed E-state index contributed by atoms with van der Waals surface area (Å²) in [7, 11) is 0. The average molecular weight is 134 g/mol. The Kier molecular flexibility index (Phi) is 0.683. The van der Waals surface area contributed by atoms with Crippen LogP contribution in [-0.2, 0) is 0 Å². The number of allylic oxidation sites excluding steroid dienone is 2. The molecule has 0 aromatic carbocycles. The quantitative estimate of drug-likeness (QED) is 0.520. The Balaban J connectivity index is 6.17. The largest absolute Gasteiger partial charge is 0.0883 e. The van der Waals surface area contributed by atoms with E-state index >= 15 is 0 Å². The molecule has 0 aliphatic heterocycles. The summed E-state index contributed by atoms with van der Waals surface area (Å²) in [5, 5.41) is 0. The smallest absolute Gasteiger partial charge is 0.0575 e. The Morgan fingerprint density at radius 3 is 3.25 bits per heavy atom. The molecular formula is C8H16. The van der Waals surface area contributed by atoms with Gasteiger partial charge in [0.15, 0.2) is 0 Å². The van der Waals surface area contributed by atoms with Gasteiger partial charge in [-0.05, 0) is 12.3 Å². The fraction of sp³-hybridized carbons (Fsp3) is 0.750. The van der Waals surface area contributed by atoms with Crippen molar-refractivity contribution >= 4 is 0 Å². The number of hydrogen-bond donors (Lipinski definition) is 0. The van der Waals surface area contributed by atoms with E-state index < -0.39 is 38.1 Å². The highest BCUT2D eigenvalue weighted by atomic mass is 13.9. The van der Waals surface area contributed by atoms with E-state index in [0.29, 0.717) is 0 Å². The molecule has 0 aliphatic rings. The van der Waals surface area contributed by atoms with Crippen molar-refractivity contribution in [2.24, 2.45) is 5.89 Å². The fourth-order valence-electron chi connectivity index (χ4n) is 0.195. The van der Waals surface area contributed by atoms with Gasteiger partial charge in [0.25, 0.3) is 0 Å². The van der Waals surface area contributed by atoms with E-state index in [-0.39, 0.29) is 6.42 Å². The fourth-order valence-corrected chi connectivity index (χ4v) is 0.195. The first-order valence-electron chi connectivity index (χ1n) is 7.81. The normalized spacial score (nSPS) is 40.4. The maximum Gasteiger partial charge on any atom is 0.0575 e. The number of rotatable bonds is 3. The zero-order valence-electron chi connectivity index (χ0n) is 15.7. The summed E-state index contributed by atoms with van der Waals surface area (Å²) in [6.07, 6.45) is -2.58. The van der Waals surface area contributed by atoms with Crippen LogP contribution in [-0.4, -0.2) is 0 Å². The summed E-state index contributed by atoms with van der Waals surface area (Å²) in [6.45, 7) is -5.37. The molecule has 0 aliphatic carbocycles. The summed E-state index contributed by atoms with van der Waals surface area (Å²) < 4.78 is 80.5. The van der Waals surface area contributed by atoms with E-state index in [9.17, 15) is 0 Å². The Morgan fingerprint density at radius 1 is 2.00 bits per heavy atom. The predicted molar refractivity (Wildman–Crippen MR) is 38.9 cm³/mol. The minimum Gasteiger partial charge on any atom is -0.0883 e. The standard InChI is InChI=1S/C8H16/c1-4-5-6-7-8(2)3/h6-8H,4-5H2,1-3H3/i2T3,3T3,5T2,6T,7T,8T. The van der Waals surface area contributed by atoms with Crippen LogP contribution in [0.15, 0.2) is 12.1 Å². The monoisotopic (exact) mass is 134 g/mol. The molecule has 48 valence electrons. The maximum absolute atomic E-state index is 7.66. The van der Waals surface area contributed by atoms with Crippen LogP contribution in [0.3, 0.4) is 0 Å². The van der Waals surface area contributed by atoms with Crippen LogP contribution >= 0.6 is 0 Å². The molecule has 0 spiro atoms. The van der Waals surface area contributed by atoms with Gasteiger partial charge in [0.05, 0.1) is 2.74 Å². The topological polar surface area (TPSA) is 0 Å². The molecule has 0 saturated heterocycles. The Hall–Kier alpha value is -0.260.